The van der Waals surface area contributed by atoms with Crippen LogP contribution in [0.25, 0.3) is 0 Å². The van der Waals surface area contributed by atoms with E-state index >= 15 is 0 Å². The van der Waals surface area contributed by atoms with Gasteiger partial charge in [0, 0.05) is 27.9 Å². The molecule has 1 aromatic rings. The Kier molecular flexibility index (Phi) is 2.19. The predicted octanol–water partition coefficient (Wildman–Crippen LogP) is 0.0393. The zero-order valence-corrected chi connectivity index (χ0v) is 4.20. The summed E-state index contributed by atoms with van der Waals surface area (Å²) in [6, 6.07) is 0. The van der Waals surface area contributed by atoms with Crippen molar-refractivity contribution in [3.05, 3.63) is 18.7 Å². The zero-order valence-electron chi connectivity index (χ0n) is 4.20. The number of aryl methyl sites for hydroxylation is 1. The second-order valence-electron chi connectivity index (χ2n) is 1.23. The number of hydrogen-bond donors (Lipinski definition) is 0. The average molecular weight is 92.9 g/mol. The second-order valence-corrected chi connectivity index (χ2v) is 1.23. The Morgan fingerprint density at radius 1 is 1.57 bits per heavy atom. The van der Waals surface area contributed by atoms with Gasteiger partial charge >= 0.3 is 0 Å². The number of imidazole rings is 1. The quantitative estimate of drug-likeness (QED) is 0.414. The lowest BCUT2D eigenvalue weighted by molar-refractivity contribution is 0.913. The molecule has 0 aliphatic rings. The zero-order chi connectivity index (χ0) is 4.41. The molecular weight excluding hydrogens is 86.9 g/mol. The summed E-state index contributed by atoms with van der Waals surface area (Å²) in [4.78, 5) is 3.78. The molecule has 35 valence electrons. The molecule has 0 aromatic carbocycles. The van der Waals surface area contributed by atoms with Crippen LogP contribution in [0.15, 0.2) is 18.7 Å². The Hall–Kier alpha value is -0.725. The van der Waals surface area contributed by atoms with E-state index in [0.717, 1.165) is 0 Å². The van der Waals surface area contributed by atoms with Crippen molar-refractivity contribution in [1.82, 2.24) is 9.55 Å². The van der Waals surface area contributed by atoms with E-state index in [9.17, 15) is 0 Å². The molecule has 7 heavy (non-hydrogen) atoms. The third kappa shape index (κ3) is 1.44. The summed E-state index contributed by atoms with van der Waals surface area (Å²) in [6.07, 6.45) is 5.39. The summed E-state index contributed by atoms with van der Waals surface area (Å²) in [6.45, 7) is 0. The van der Waals surface area contributed by atoms with Crippen LogP contribution in [-0.2, 0) is 7.05 Å². The lowest BCUT2D eigenvalue weighted by atomic mass is 10.8. The van der Waals surface area contributed by atoms with Gasteiger partial charge in [-0.2, -0.15) is 0 Å². The van der Waals surface area contributed by atoms with Crippen LogP contribution in [0.3, 0.4) is 0 Å². The first-order chi connectivity index (χ1) is 2.89. The monoisotopic (exact) mass is 93.1 g/mol. The number of rotatable bonds is 0. The second kappa shape index (κ2) is 2.45. The molecule has 0 bridgehead atoms. The average Bonchev–Trinajstić information content (AvgIpc) is 1.86. The van der Waals surface area contributed by atoms with Crippen LogP contribution in [0.4, 0.5) is 0 Å². The van der Waals surface area contributed by atoms with Crippen LogP contribution in [0, 0.1) is 0 Å². The molecule has 2 nitrogen and oxygen atoms in total. The first kappa shape index (κ1) is 6.27. The molecule has 0 atom stereocenters. The van der Waals surface area contributed by atoms with Gasteiger partial charge in [-0.15, -0.1) is 0 Å². The molecule has 1 heterocycles. The van der Waals surface area contributed by atoms with Gasteiger partial charge in [0.2, 0.25) is 0 Å². The van der Waals surface area contributed by atoms with E-state index in [4.69, 9.17) is 0 Å². The van der Waals surface area contributed by atoms with Crippen LogP contribution < -0.4 is 0 Å². The molecule has 0 aliphatic heterocycles. The van der Waals surface area contributed by atoms with Crippen LogP contribution in [0.1, 0.15) is 0 Å². The normalized spacial score (nSPS) is 7.57. The van der Waals surface area contributed by atoms with Crippen molar-refractivity contribution in [2.75, 3.05) is 0 Å². The molecule has 0 amide bonds. The molecular formula is C4H6BN2. The Morgan fingerprint density at radius 2 is 2.29 bits per heavy atom. The van der Waals surface area contributed by atoms with Crippen molar-refractivity contribution in [3.8, 4) is 0 Å². The van der Waals surface area contributed by atoms with E-state index in [1.165, 1.54) is 0 Å². The Balaban J connectivity index is 0.000000360. The minimum absolute atomic E-state index is 0. The highest BCUT2D eigenvalue weighted by molar-refractivity contribution is 5.75. The van der Waals surface area contributed by atoms with Gasteiger partial charge in [-0.25, -0.2) is 4.98 Å². The fourth-order valence-electron chi connectivity index (χ4n) is 0.326. The van der Waals surface area contributed by atoms with Crippen LogP contribution in [-0.4, -0.2) is 18.0 Å². The van der Waals surface area contributed by atoms with E-state index in [0.29, 0.717) is 0 Å². The molecule has 0 N–H and O–H groups in total. The van der Waals surface area contributed by atoms with Gasteiger partial charge in [0.1, 0.15) is 0 Å². The molecule has 3 heteroatoms. The summed E-state index contributed by atoms with van der Waals surface area (Å²) in [5, 5.41) is 0. The third-order valence-corrected chi connectivity index (χ3v) is 0.637. The van der Waals surface area contributed by atoms with Gasteiger partial charge in [0.15, 0.2) is 0 Å². The maximum Gasteiger partial charge on any atom is 0.0943 e. The highest BCUT2D eigenvalue weighted by Gasteiger charge is 1.69. The fraction of sp³-hybridized carbons (Fsp3) is 0.250. The molecule has 0 spiro atoms. The molecule has 0 saturated carbocycles. The highest BCUT2D eigenvalue weighted by Crippen LogP contribution is 1.73. The van der Waals surface area contributed by atoms with Gasteiger partial charge in [-0.1, -0.05) is 0 Å². The standard InChI is InChI=1S/C4H6N2.B/c1-6-3-2-5-4-6;/h2-4H,1H3;. The first-order valence-corrected chi connectivity index (χ1v) is 1.81. The third-order valence-electron chi connectivity index (χ3n) is 0.637. The highest BCUT2D eigenvalue weighted by atomic mass is 15.0. The SMILES string of the molecule is Cn1ccnc1.[B]. The van der Waals surface area contributed by atoms with Crippen molar-refractivity contribution >= 4 is 8.41 Å². The Bertz CT molecular complexity index is 113. The van der Waals surface area contributed by atoms with Gasteiger partial charge in [0.25, 0.3) is 0 Å². The molecule has 0 saturated heterocycles. The van der Waals surface area contributed by atoms with E-state index in [-0.39, 0.29) is 8.41 Å². The summed E-state index contributed by atoms with van der Waals surface area (Å²) < 4.78 is 1.89. The minimum atomic E-state index is 0. The molecule has 1 aromatic heterocycles. The van der Waals surface area contributed by atoms with Crippen molar-refractivity contribution in [2.45, 2.75) is 0 Å². The van der Waals surface area contributed by atoms with Crippen molar-refractivity contribution < 1.29 is 0 Å². The molecule has 3 radical (unpaired) electrons. The van der Waals surface area contributed by atoms with Crippen LogP contribution in [0.5, 0.6) is 0 Å². The summed E-state index contributed by atoms with van der Waals surface area (Å²) in [7, 11) is 1.94. The molecule has 0 unspecified atom stereocenters. The van der Waals surface area contributed by atoms with Crippen molar-refractivity contribution in [2.24, 2.45) is 7.05 Å². The maximum atomic E-state index is 3.78. The first-order valence-electron chi connectivity index (χ1n) is 1.81. The number of aromatic nitrogens is 2. The number of nitrogens with zero attached hydrogens (tertiary/aromatic N) is 2. The van der Waals surface area contributed by atoms with E-state index < -0.39 is 0 Å². The summed E-state index contributed by atoms with van der Waals surface area (Å²) >= 11 is 0. The predicted molar refractivity (Wildman–Crippen MR) is 29.0 cm³/mol. The Labute approximate surface area is 44.8 Å². The molecule has 0 fully saturated rings. The lowest BCUT2D eigenvalue weighted by Gasteiger charge is -1.76. The van der Waals surface area contributed by atoms with E-state index in [1.807, 2.05) is 17.8 Å². The molecule has 1 rings (SSSR count). The summed E-state index contributed by atoms with van der Waals surface area (Å²) in [5.74, 6) is 0. The summed E-state index contributed by atoms with van der Waals surface area (Å²) in [5.41, 5.74) is 0. The van der Waals surface area contributed by atoms with Crippen molar-refractivity contribution in [3.63, 3.8) is 0 Å². The van der Waals surface area contributed by atoms with Crippen LogP contribution >= 0.6 is 0 Å². The Morgan fingerprint density at radius 3 is 2.43 bits per heavy atom. The van der Waals surface area contributed by atoms with Gasteiger partial charge in [-0.05, 0) is 0 Å². The lowest BCUT2D eigenvalue weighted by Crippen LogP contribution is -1.76. The van der Waals surface area contributed by atoms with Gasteiger partial charge in [-0.3, -0.25) is 0 Å². The largest absolute Gasteiger partial charge is 0.341 e. The topological polar surface area (TPSA) is 17.8 Å². The van der Waals surface area contributed by atoms with Gasteiger partial charge in [0.05, 0.1) is 6.33 Å². The van der Waals surface area contributed by atoms with Crippen molar-refractivity contribution in [1.29, 1.82) is 0 Å². The van der Waals surface area contributed by atoms with E-state index in [2.05, 4.69) is 4.98 Å². The fourth-order valence-corrected chi connectivity index (χ4v) is 0.326. The maximum absolute atomic E-state index is 3.78. The number of hydrogen-bond acceptors (Lipinski definition) is 1. The van der Waals surface area contributed by atoms with Crippen LogP contribution in [0.2, 0.25) is 0 Å². The minimum Gasteiger partial charge on any atom is -0.341 e. The van der Waals surface area contributed by atoms with Gasteiger partial charge < -0.3 is 4.57 Å². The smallest absolute Gasteiger partial charge is 0.0943 e. The van der Waals surface area contributed by atoms with E-state index in [1.54, 1.807) is 12.5 Å². The molecule has 0 aliphatic carbocycles.